The van der Waals surface area contributed by atoms with Crippen LogP contribution in [-0.2, 0) is 17.8 Å². The van der Waals surface area contributed by atoms with E-state index in [-0.39, 0.29) is 23.3 Å². The summed E-state index contributed by atoms with van der Waals surface area (Å²) in [5.41, 5.74) is 2.76. The Kier molecular flexibility index (Phi) is 7.90. The van der Waals surface area contributed by atoms with Crippen LogP contribution in [-0.4, -0.2) is 49.5 Å². The van der Waals surface area contributed by atoms with Gasteiger partial charge >= 0.3 is 5.97 Å². The number of carbonyl (C=O) groups is 2. The zero-order valence-corrected chi connectivity index (χ0v) is 23.0. The Morgan fingerprint density at radius 3 is 2.63 bits per heavy atom. The molecule has 202 valence electrons. The number of Topliss-reactive ketones (excluding diaryl/α,β-unsaturated/α-hetero) is 1. The minimum atomic E-state index is -1.08. The summed E-state index contributed by atoms with van der Waals surface area (Å²) in [6, 6.07) is 6.63. The highest BCUT2D eigenvalue weighted by molar-refractivity contribution is 6.30. The second kappa shape index (κ2) is 10.8. The Balaban J connectivity index is 1.64. The number of carboxylic acids is 1. The predicted octanol–water partition coefficient (Wildman–Crippen LogP) is 5.77. The molecule has 0 spiro atoms. The first-order valence-corrected chi connectivity index (χ1v) is 13.0. The molecule has 1 saturated heterocycles. The third-order valence-electron chi connectivity index (χ3n) is 7.64. The number of ketones is 1. The maximum atomic E-state index is 14.5. The second-order valence-corrected chi connectivity index (χ2v) is 10.8. The molecule has 3 N–H and O–H groups in total. The highest BCUT2D eigenvalue weighted by atomic mass is 35.5. The molecule has 0 amide bonds. The molecule has 2 aromatic heterocycles. The van der Waals surface area contributed by atoms with E-state index in [2.05, 4.69) is 20.4 Å². The summed E-state index contributed by atoms with van der Waals surface area (Å²) in [6.45, 7) is 9.81. The number of hydrogen-bond donors (Lipinski definition) is 3. The number of aromatic amines is 1. The minimum Gasteiger partial charge on any atom is -0.481 e. The lowest BCUT2D eigenvalue weighted by atomic mass is 9.71. The van der Waals surface area contributed by atoms with E-state index in [0.717, 1.165) is 5.69 Å². The number of carbonyl (C=O) groups excluding carboxylic acids is 1. The van der Waals surface area contributed by atoms with Crippen LogP contribution in [0.25, 0.3) is 0 Å². The van der Waals surface area contributed by atoms with Gasteiger partial charge in [0.1, 0.15) is 11.6 Å². The van der Waals surface area contributed by atoms with Crippen LogP contribution in [0.2, 0.25) is 5.02 Å². The number of aliphatic carboxylic acids is 1. The smallest absolute Gasteiger partial charge is 0.310 e. The van der Waals surface area contributed by atoms with E-state index in [9.17, 15) is 19.1 Å². The molecule has 3 heterocycles. The largest absolute Gasteiger partial charge is 0.481 e. The number of likely N-dealkylation sites (tertiary alicyclic amines) is 1. The molecule has 4 rings (SSSR count). The van der Waals surface area contributed by atoms with E-state index in [0.29, 0.717) is 65.5 Å². The van der Waals surface area contributed by atoms with E-state index in [1.165, 1.54) is 13.0 Å². The van der Waals surface area contributed by atoms with Gasteiger partial charge in [-0.15, -0.1) is 0 Å². The van der Waals surface area contributed by atoms with E-state index >= 15 is 0 Å². The average molecular weight is 542 g/mol. The van der Waals surface area contributed by atoms with Gasteiger partial charge in [-0.3, -0.25) is 19.6 Å². The number of anilines is 2. The van der Waals surface area contributed by atoms with Crippen LogP contribution in [0.3, 0.4) is 0 Å². The van der Waals surface area contributed by atoms with Crippen molar-refractivity contribution in [1.82, 2.24) is 20.1 Å². The van der Waals surface area contributed by atoms with Crippen LogP contribution in [0.1, 0.15) is 65.1 Å². The number of rotatable bonds is 8. The van der Waals surface area contributed by atoms with Crippen molar-refractivity contribution in [3.8, 4) is 0 Å². The molecule has 38 heavy (non-hydrogen) atoms. The van der Waals surface area contributed by atoms with Gasteiger partial charge in [-0.05, 0) is 65.6 Å². The van der Waals surface area contributed by atoms with Gasteiger partial charge in [0.25, 0.3) is 0 Å². The number of pyridine rings is 1. The lowest BCUT2D eigenvalue weighted by Gasteiger charge is -2.43. The summed E-state index contributed by atoms with van der Waals surface area (Å²) >= 11 is 5.96. The van der Waals surface area contributed by atoms with Gasteiger partial charge in [-0.25, -0.2) is 9.37 Å². The zero-order chi connectivity index (χ0) is 27.8. The number of aromatic nitrogens is 3. The Hall–Kier alpha value is -3.30. The molecule has 0 aliphatic carbocycles. The Bertz CT molecular complexity index is 1390. The number of carboxylic acid groups (broad SMARTS) is 1. The summed E-state index contributed by atoms with van der Waals surface area (Å²) in [6.07, 6.45) is 0.892. The molecule has 2 atom stereocenters. The second-order valence-electron chi connectivity index (χ2n) is 10.4. The molecular formula is C28H33ClFN5O3. The van der Waals surface area contributed by atoms with E-state index in [1.54, 1.807) is 12.1 Å². The number of halogens is 2. The van der Waals surface area contributed by atoms with Crippen LogP contribution < -0.4 is 5.32 Å². The van der Waals surface area contributed by atoms with Crippen molar-refractivity contribution in [1.29, 1.82) is 0 Å². The van der Waals surface area contributed by atoms with Gasteiger partial charge in [0.2, 0.25) is 0 Å². The van der Waals surface area contributed by atoms with E-state index in [1.807, 2.05) is 33.8 Å². The summed E-state index contributed by atoms with van der Waals surface area (Å²) < 4.78 is 14.5. The molecule has 0 bridgehead atoms. The number of H-pyrrole nitrogens is 1. The maximum Gasteiger partial charge on any atom is 0.310 e. The first kappa shape index (κ1) is 27.7. The van der Waals surface area contributed by atoms with Crippen molar-refractivity contribution >= 4 is 35.0 Å². The minimum absolute atomic E-state index is 0.0728. The number of piperidine rings is 1. The fourth-order valence-electron chi connectivity index (χ4n) is 5.52. The number of hydrogen-bond acceptors (Lipinski definition) is 6. The third kappa shape index (κ3) is 5.44. The van der Waals surface area contributed by atoms with Crippen LogP contribution in [0.4, 0.5) is 16.0 Å². The lowest BCUT2D eigenvalue weighted by Crippen LogP contribution is -2.50. The SMILES string of the molecule is CC(=O)c1c(C)c(C[C@@]2(C(=O)O)CCN(Cc3cccc(Cl)c3F)[C@H](C)C2)nc(Nc2cc(C)[nH]n2)c1C. The Morgan fingerprint density at radius 2 is 2.03 bits per heavy atom. The van der Waals surface area contributed by atoms with Crippen LogP contribution in [0.15, 0.2) is 24.3 Å². The molecule has 10 heteroatoms. The standard InChI is InChI=1S/C28H33ClFN5O3/c1-15-11-23(34-33-15)32-26-18(4)24(19(5)36)17(3)22(31-26)13-28(27(37)38)9-10-35(16(2)12-28)14-20-7-6-8-21(29)25(20)30/h6-8,11,16H,9-10,12-14H2,1-5H3,(H,37,38)(H2,31,32,33,34)/t16-,28-/m1/s1. The van der Waals surface area contributed by atoms with Crippen molar-refractivity contribution in [3.05, 3.63) is 68.7 Å². The van der Waals surface area contributed by atoms with Crippen molar-refractivity contribution in [2.24, 2.45) is 5.41 Å². The third-order valence-corrected chi connectivity index (χ3v) is 7.93. The summed E-state index contributed by atoms with van der Waals surface area (Å²) in [4.78, 5) is 32.3. The molecule has 3 aromatic rings. The summed E-state index contributed by atoms with van der Waals surface area (Å²) in [5.74, 6) is -0.419. The van der Waals surface area contributed by atoms with Crippen LogP contribution >= 0.6 is 11.6 Å². The van der Waals surface area contributed by atoms with Crippen molar-refractivity contribution < 1.29 is 19.1 Å². The van der Waals surface area contributed by atoms with Gasteiger partial charge in [-0.2, -0.15) is 5.10 Å². The highest BCUT2D eigenvalue weighted by Gasteiger charge is 2.45. The normalized spacial score (nSPS) is 19.9. The Morgan fingerprint density at radius 1 is 1.29 bits per heavy atom. The summed E-state index contributed by atoms with van der Waals surface area (Å²) in [5, 5.41) is 20.8. The topological polar surface area (TPSA) is 111 Å². The predicted molar refractivity (Wildman–Crippen MR) is 145 cm³/mol. The molecule has 1 aliphatic rings. The fourth-order valence-corrected chi connectivity index (χ4v) is 5.72. The number of aryl methyl sites for hydroxylation is 1. The van der Waals surface area contributed by atoms with Crippen LogP contribution in [0, 0.1) is 32.0 Å². The molecule has 1 aromatic carbocycles. The molecule has 1 fully saturated rings. The van der Waals surface area contributed by atoms with Gasteiger partial charge < -0.3 is 10.4 Å². The molecule has 8 nitrogen and oxygen atoms in total. The molecule has 0 radical (unpaired) electrons. The quantitative estimate of drug-likeness (QED) is 0.310. The summed E-state index contributed by atoms with van der Waals surface area (Å²) in [7, 11) is 0. The first-order chi connectivity index (χ1) is 17.9. The first-order valence-electron chi connectivity index (χ1n) is 12.6. The van der Waals surface area contributed by atoms with E-state index < -0.39 is 17.2 Å². The highest BCUT2D eigenvalue weighted by Crippen LogP contribution is 2.40. The zero-order valence-electron chi connectivity index (χ0n) is 22.3. The van der Waals surface area contributed by atoms with Gasteiger partial charge in [0.15, 0.2) is 11.6 Å². The number of nitrogens with one attached hydrogen (secondary N) is 2. The monoisotopic (exact) mass is 541 g/mol. The van der Waals surface area contributed by atoms with Gasteiger partial charge in [0.05, 0.1) is 10.4 Å². The average Bonchev–Trinajstić information content (AvgIpc) is 3.26. The lowest BCUT2D eigenvalue weighted by molar-refractivity contribution is -0.153. The van der Waals surface area contributed by atoms with E-state index in [4.69, 9.17) is 16.6 Å². The van der Waals surface area contributed by atoms with Crippen molar-refractivity contribution in [2.45, 2.75) is 66.5 Å². The molecular weight excluding hydrogens is 509 g/mol. The number of benzene rings is 1. The molecule has 0 unspecified atom stereocenters. The van der Waals surface area contributed by atoms with Crippen molar-refractivity contribution in [2.75, 3.05) is 11.9 Å². The maximum absolute atomic E-state index is 14.5. The number of nitrogens with zero attached hydrogens (tertiary/aromatic N) is 3. The van der Waals surface area contributed by atoms with Crippen LogP contribution in [0.5, 0.6) is 0 Å². The fraction of sp³-hybridized carbons (Fsp3) is 0.429. The van der Waals surface area contributed by atoms with Crippen molar-refractivity contribution in [3.63, 3.8) is 0 Å². The van der Waals surface area contributed by atoms with Gasteiger partial charge in [-0.1, -0.05) is 23.7 Å². The molecule has 0 saturated carbocycles. The molecule has 1 aliphatic heterocycles. The Labute approximate surface area is 226 Å². The van der Waals surface area contributed by atoms with Gasteiger partial charge in [0, 0.05) is 53.2 Å².